The van der Waals surface area contributed by atoms with Gasteiger partial charge in [-0.25, -0.2) is 25.6 Å². The lowest BCUT2D eigenvalue weighted by Gasteiger charge is -2.23. The predicted molar refractivity (Wildman–Crippen MR) is 130 cm³/mol. The van der Waals surface area contributed by atoms with Crippen molar-refractivity contribution in [3.8, 4) is 0 Å². The van der Waals surface area contributed by atoms with E-state index in [-0.39, 0.29) is 63.9 Å². The molecule has 4 aromatic carbocycles. The zero-order valence-corrected chi connectivity index (χ0v) is 20.2. The molecule has 1 heterocycles. The summed E-state index contributed by atoms with van der Waals surface area (Å²) in [5.41, 5.74) is 0. The third-order valence-electron chi connectivity index (χ3n) is 6.31. The first kappa shape index (κ1) is 23.8. The number of hydrogen-bond donors (Lipinski definition) is 0. The van der Waals surface area contributed by atoms with E-state index in [1.165, 1.54) is 32.9 Å². The molecule has 0 spiro atoms. The van der Waals surface area contributed by atoms with Gasteiger partial charge >= 0.3 is 0 Å². The van der Waals surface area contributed by atoms with Crippen LogP contribution in [0.1, 0.15) is 6.42 Å². The van der Waals surface area contributed by atoms with E-state index in [2.05, 4.69) is 0 Å². The molecule has 0 radical (unpaired) electrons. The van der Waals surface area contributed by atoms with Crippen LogP contribution in [0.25, 0.3) is 21.5 Å². The van der Waals surface area contributed by atoms with Crippen LogP contribution in [0.3, 0.4) is 0 Å². The smallest absolute Gasteiger partial charge is 0.207 e. The van der Waals surface area contributed by atoms with Crippen molar-refractivity contribution in [2.45, 2.75) is 16.2 Å². The maximum Gasteiger partial charge on any atom is 0.243 e. The van der Waals surface area contributed by atoms with E-state index in [1.54, 1.807) is 36.4 Å². The molecule has 0 amide bonds. The highest BCUT2D eigenvalue weighted by molar-refractivity contribution is 7.89. The average molecular weight is 517 g/mol. The molecule has 4 aromatic rings. The van der Waals surface area contributed by atoms with Crippen molar-refractivity contribution in [1.82, 2.24) is 8.61 Å². The van der Waals surface area contributed by atoms with Gasteiger partial charge in [0, 0.05) is 47.7 Å². The Morgan fingerprint density at radius 2 is 0.886 bits per heavy atom. The van der Waals surface area contributed by atoms with Gasteiger partial charge in [0.25, 0.3) is 0 Å². The van der Waals surface area contributed by atoms with Gasteiger partial charge in [0.15, 0.2) is 0 Å². The third-order valence-corrected chi connectivity index (χ3v) is 10.2. The first-order chi connectivity index (χ1) is 16.7. The second kappa shape index (κ2) is 8.94. The highest BCUT2D eigenvalue weighted by atomic mass is 32.2. The van der Waals surface area contributed by atoms with Crippen molar-refractivity contribution in [2.75, 3.05) is 26.2 Å². The van der Waals surface area contributed by atoms with Crippen molar-refractivity contribution < 1.29 is 25.6 Å². The maximum absolute atomic E-state index is 14.2. The molecule has 0 aromatic heterocycles. The van der Waals surface area contributed by atoms with Gasteiger partial charge in [0.2, 0.25) is 20.0 Å². The molecule has 1 fully saturated rings. The molecule has 0 aliphatic carbocycles. The summed E-state index contributed by atoms with van der Waals surface area (Å²) in [6.45, 7) is 0.104. The Balaban J connectivity index is 1.46. The van der Waals surface area contributed by atoms with Gasteiger partial charge in [-0.1, -0.05) is 48.5 Å². The summed E-state index contributed by atoms with van der Waals surface area (Å²) in [5, 5.41) is 0.963. The van der Waals surface area contributed by atoms with E-state index in [1.807, 2.05) is 0 Å². The fourth-order valence-electron chi connectivity index (χ4n) is 4.55. The van der Waals surface area contributed by atoms with E-state index in [9.17, 15) is 25.6 Å². The standard InChI is InChI=1S/C25H22F2N2O4S2/c26-22-10-12-24(20-8-3-1-6-18(20)22)34(30,31)28-14-5-15-29(17-16-28)35(32,33)25-13-11-23(27)19-7-2-4-9-21(19)25/h1-4,6-13H,5,14-17H2. The van der Waals surface area contributed by atoms with Gasteiger partial charge in [-0.05, 0) is 30.7 Å². The number of rotatable bonds is 4. The van der Waals surface area contributed by atoms with E-state index in [0.29, 0.717) is 0 Å². The summed E-state index contributed by atoms with van der Waals surface area (Å²) >= 11 is 0. The largest absolute Gasteiger partial charge is 0.243 e. The van der Waals surface area contributed by atoms with E-state index in [0.717, 1.165) is 12.1 Å². The second-order valence-corrected chi connectivity index (χ2v) is 12.2. The number of hydrogen-bond acceptors (Lipinski definition) is 4. The van der Waals surface area contributed by atoms with Gasteiger partial charge in [-0.3, -0.25) is 0 Å². The van der Waals surface area contributed by atoms with Crippen molar-refractivity contribution in [3.05, 3.63) is 84.4 Å². The Morgan fingerprint density at radius 1 is 0.514 bits per heavy atom. The predicted octanol–water partition coefficient (Wildman–Crippen LogP) is 4.36. The molecular formula is C25H22F2N2O4S2. The minimum atomic E-state index is -4.01. The lowest BCUT2D eigenvalue weighted by atomic mass is 10.1. The summed E-state index contributed by atoms with van der Waals surface area (Å²) in [5.74, 6) is -1.03. The zero-order chi connectivity index (χ0) is 24.8. The van der Waals surface area contributed by atoms with E-state index < -0.39 is 31.7 Å². The van der Waals surface area contributed by atoms with Crippen LogP contribution >= 0.6 is 0 Å². The molecule has 10 heteroatoms. The van der Waals surface area contributed by atoms with Crippen LogP contribution in [0.15, 0.2) is 82.6 Å². The van der Waals surface area contributed by atoms with Gasteiger partial charge < -0.3 is 0 Å². The number of fused-ring (bicyclic) bond motifs is 2. The second-order valence-electron chi connectivity index (χ2n) is 8.34. The van der Waals surface area contributed by atoms with Crippen LogP contribution in [0.2, 0.25) is 0 Å². The number of benzene rings is 4. The topological polar surface area (TPSA) is 74.8 Å². The van der Waals surface area contributed by atoms with Crippen molar-refractivity contribution in [3.63, 3.8) is 0 Å². The Labute approximate surface area is 202 Å². The first-order valence-electron chi connectivity index (χ1n) is 11.1. The summed E-state index contributed by atoms with van der Waals surface area (Å²) in [6, 6.07) is 17.5. The third kappa shape index (κ3) is 4.10. The summed E-state index contributed by atoms with van der Waals surface area (Å²) in [7, 11) is -8.01. The highest BCUT2D eigenvalue weighted by Crippen LogP contribution is 2.31. The number of nitrogens with zero attached hydrogens (tertiary/aromatic N) is 2. The fraction of sp³-hybridized carbons (Fsp3) is 0.200. The monoisotopic (exact) mass is 516 g/mol. The lowest BCUT2D eigenvalue weighted by molar-refractivity contribution is 0.405. The molecular weight excluding hydrogens is 494 g/mol. The molecule has 6 nitrogen and oxygen atoms in total. The normalized spacial score (nSPS) is 16.5. The van der Waals surface area contributed by atoms with Crippen LogP contribution in [-0.4, -0.2) is 51.6 Å². The summed E-state index contributed by atoms with van der Waals surface area (Å²) in [4.78, 5) is -0.0364. The van der Waals surface area contributed by atoms with Crippen LogP contribution in [0, 0.1) is 11.6 Å². The number of sulfonamides is 2. The molecule has 0 saturated carbocycles. The molecule has 0 N–H and O–H groups in total. The molecule has 1 aliphatic rings. The molecule has 0 bridgehead atoms. The summed E-state index contributed by atoms with van der Waals surface area (Å²) in [6.07, 6.45) is 0.275. The fourth-order valence-corrected chi connectivity index (χ4v) is 7.88. The van der Waals surface area contributed by atoms with Crippen LogP contribution < -0.4 is 0 Å². The Morgan fingerprint density at radius 3 is 1.29 bits per heavy atom. The quantitative estimate of drug-likeness (QED) is 0.404. The maximum atomic E-state index is 14.2. The minimum absolute atomic E-state index is 0.0182. The van der Waals surface area contributed by atoms with Crippen molar-refractivity contribution in [1.29, 1.82) is 0 Å². The molecule has 5 rings (SSSR count). The van der Waals surface area contributed by atoms with E-state index >= 15 is 0 Å². The van der Waals surface area contributed by atoms with Crippen molar-refractivity contribution >= 4 is 41.6 Å². The van der Waals surface area contributed by atoms with Crippen LogP contribution in [-0.2, 0) is 20.0 Å². The van der Waals surface area contributed by atoms with Gasteiger partial charge in [0.1, 0.15) is 11.6 Å². The molecule has 35 heavy (non-hydrogen) atoms. The molecule has 182 valence electrons. The highest BCUT2D eigenvalue weighted by Gasteiger charge is 2.33. The van der Waals surface area contributed by atoms with Crippen LogP contribution in [0.5, 0.6) is 0 Å². The van der Waals surface area contributed by atoms with Gasteiger partial charge in [0.05, 0.1) is 9.79 Å². The number of halogens is 2. The van der Waals surface area contributed by atoms with E-state index in [4.69, 9.17) is 0 Å². The minimum Gasteiger partial charge on any atom is -0.207 e. The average Bonchev–Trinajstić information content (AvgIpc) is 3.12. The molecule has 1 saturated heterocycles. The Kier molecular flexibility index (Phi) is 6.08. The van der Waals surface area contributed by atoms with Gasteiger partial charge in [-0.15, -0.1) is 0 Å². The van der Waals surface area contributed by atoms with Gasteiger partial charge in [-0.2, -0.15) is 8.61 Å². The summed E-state index contributed by atoms with van der Waals surface area (Å²) < 4.78 is 84.9. The Bertz CT molecular complexity index is 1530. The van der Waals surface area contributed by atoms with Crippen molar-refractivity contribution in [2.24, 2.45) is 0 Å². The zero-order valence-electron chi connectivity index (χ0n) is 18.6. The first-order valence-corrected chi connectivity index (χ1v) is 13.9. The Hall–Kier alpha value is -2.92. The molecule has 1 aliphatic heterocycles. The molecule has 0 atom stereocenters. The SMILES string of the molecule is O=S(=O)(c1ccc(F)c2ccccc12)N1CCCN(S(=O)(=O)c2ccc(F)c3ccccc23)CC1. The van der Waals surface area contributed by atoms with Crippen LogP contribution in [0.4, 0.5) is 8.78 Å². The molecule has 0 unspecified atom stereocenters. The lowest BCUT2D eigenvalue weighted by Crippen LogP contribution is -2.37.